The lowest BCUT2D eigenvalue weighted by molar-refractivity contribution is 0.0384. The van der Waals surface area contributed by atoms with E-state index in [2.05, 4.69) is 11.0 Å². The number of hydrogen-bond donors (Lipinski definition) is 1. The number of aliphatic hydroxyl groups excluding tert-OH is 1. The molecule has 5 nitrogen and oxygen atoms in total. The van der Waals surface area contributed by atoms with Crippen molar-refractivity contribution >= 4 is 0 Å². The van der Waals surface area contributed by atoms with Crippen molar-refractivity contribution in [3.63, 3.8) is 0 Å². The number of aliphatic hydroxyl groups is 1. The number of pyridine rings is 1. The first-order chi connectivity index (χ1) is 12.6. The summed E-state index contributed by atoms with van der Waals surface area (Å²) in [6, 6.07) is 13.5. The Balaban J connectivity index is 1.35. The molecule has 1 N–H and O–H groups in total. The fourth-order valence-electron chi connectivity index (χ4n) is 4.32. The number of aryl methyl sites for hydroxylation is 1. The Bertz CT molecular complexity index is 815. The zero-order chi connectivity index (χ0) is 18.1. The summed E-state index contributed by atoms with van der Waals surface area (Å²) in [7, 11) is 0. The quantitative estimate of drug-likeness (QED) is 0.893. The summed E-state index contributed by atoms with van der Waals surface area (Å²) in [5.41, 5.74) is 2.44. The molecule has 0 amide bonds. The van der Waals surface area contributed by atoms with Gasteiger partial charge in [-0.3, -0.25) is 9.69 Å². The van der Waals surface area contributed by atoms with Crippen LogP contribution in [-0.4, -0.2) is 46.9 Å². The molecule has 5 heteroatoms. The van der Waals surface area contributed by atoms with Gasteiger partial charge in [-0.15, -0.1) is 0 Å². The maximum Gasteiger partial charge on any atom is 0.250 e. The second-order valence-electron chi connectivity index (χ2n) is 7.69. The van der Waals surface area contributed by atoms with Gasteiger partial charge in [-0.1, -0.05) is 23.8 Å². The minimum Gasteiger partial charge on any atom is -0.491 e. The number of fused-ring (bicyclic) bond motifs is 4. The molecule has 0 radical (unpaired) electrons. The van der Waals surface area contributed by atoms with Crippen LogP contribution < -0.4 is 10.3 Å². The van der Waals surface area contributed by atoms with E-state index in [1.54, 1.807) is 6.07 Å². The van der Waals surface area contributed by atoms with Crippen LogP contribution >= 0.6 is 0 Å². The third-order valence-corrected chi connectivity index (χ3v) is 5.49. The Labute approximate surface area is 153 Å². The lowest BCUT2D eigenvalue weighted by atomic mass is 9.83. The van der Waals surface area contributed by atoms with Crippen LogP contribution in [0.4, 0.5) is 0 Å². The highest BCUT2D eigenvalue weighted by Crippen LogP contribution is 2.34. The van der Waals surface area contributed by atoms with Crippen LogP contribution in [0.2, 0.25) is 0 Å². The largest absolute Gasteiger partial charge is 0.491 e. The van der Waals surface area contributed by atoms with E-state index in [9.17, 15) is 9.90 Å². The molecule has 2 bridgehead atoms. The molecule has 1 fully saturated rings. The van der Waals surface area contributed by atoms with Crippen molar-refractivity contribution in [2.75, 3.05) is 26.2 Å². The minimum atomic E-state index is -0.520. The summed E-state index contributed by atoms with van der Waals surface area (Å²) >= 11 is 0. The zero-order valence-corrected chi connectivity index (χ0v) is 15.2. The molecule has 0 aliphatic carbocycles. The molecule has 4 rings (SSSR count). The fourth-order valence-corrected chi connectivity index (χ4v) is 4.32. The van der Waals surface area contributed by atoms with Crippen molar-refractivity contribution in [2.24, 2.45) is 5.92 Å². The van der Waals surface area contributed by atoms with Crippen molar-refractivity contribution < 1.29 is 9.84 Å². The Morgan fingerprint density at radius 2 is 1.96 bits per heavy atom. The van der Waals surface area contributed by atoms with Gasteiger partial charge >= 0.3 is 0 Å². The molecule has 0 spiro atoms. The van der Waals surface area contributed by atoms with Crippen LogP contribution in [0.1, 0.15) is 23.6 Å². The predicted molar refractivity (Wildman–Crippen MR) is 101 cm³/mol. The predicted octanol–water partition coefficient (Wildman–Crippen LogP) is 2.02. The van der Waals surface area contributed by atoms with Gasteiger partial charge in [0.1, 0.15) is 18.5 Å². The molecule has 2 aliphatic heterocycles. The number of hydrogen-bond acceptors (Lipinski definition) is 4. The van der Waals surface area contributed by atoms with E-state index in [4.69, 9.17) is 4.74 Å². The van der Waals surface area contributed by atoms with Crippen LogP contribution in [0, 0.1) is 12.8 Å². The molecule has 0 unspecified atom stereocenters. The molecule has 26 heavy (non-hydrogen) atoms. The van der Waals surface area contributed by atoms with E-state index >= 15 is 0 Å². The molecule has 0 saturated carbocycles. The number of β-amino-alcohol motifs (C(OH)–C–C–N with tert-alkyl or cyclic N) is 1. The fraction of sp³-hybridized carbons (Fsp3) is 0.476. The molecular weight excluding hydrogens is 328 g/mol. The molecule has 1 aromatic carbocycles. The van der Waals surface area contributed by atoms with Gasteiger partial charge in [-0.25, -0.2) is 0 Å². The second-order valence-corrected chi connectivity index (χ2v) is 7.69. The highest BCUT2D eigenvalue weighted by atomic mass is 16.5. The van der Waals surface area contributed by atoms with E-state index in [0.717, 1.165) is 37.5 Å². The Morgan fingerprint density at radius 1 is 1.15 bits per heavy atom. The van der Waals surface area contributed by atoms with Gasteiger partial charge in [0, 0.05) is 43.9 Å². The lowest BCUT2D eigenvalue weighted by Crippen LogP contribution is -2.49. The smallest absolute Gasteiger partial charge is 0.250 e. The third-order valence-electron chi connectivity index (χ3n) is 5.49. The number of aromatic nitrogens is 1. The van der Waals surface area contributed by atoms with Crippen molar-refractivity contribution in [1.29, 1.82) is 0 Å². The Morgan fingerprint density at radius 3 is 2.77 bits per heavy atom. The standard InChI is InChI=1S/C21H26N2O3/c1-15-5-7-19(8-6-15)26-14-18(24)13-22-10-16-9-17(12-22)20-3-2-4-21(25)23(20)11-16/h2-8,16-18,24H,9-14H2,1H3/t16-,17-,18+/m1/s1. The third kappa shape index (κ3) is 3.69. The van der Waals surface area contributed by atoms with E-state index < -0.39 is 6.10 Å². The highest BCUT2D eigenvalue weighted by molar-refractivity contribution is 5.26. The first kappa shape index (κ1) is 17.3. The topological polar surface area (TPSA) is 54.7 Å². The number of benzene rings is 1. The average Bonchev–Trinajstić information content (AvgIpc) is 2.62. The monoisotopic (exact) mass is 354 g/mol. The number of nitrogens with zero attached hydrogens (tertiary/aromatic N) is 2. The molecule has 2 aromatic rings. The van der Waals surface area contributed by atoms with Crippen molar-refractivity contribution in [3.05, 3.63) is 64.1 Å². The molecule has 138 valence electrons. The van der Waals surface area contributed by atoms with Gasteiger partial charge in [0.2, 0.25) is 0 Å². The Kier molecular flexibility index (Phi) is 4.83. The van der Waals surface area contributed by atoms with Crippen molar-refractivity contribution in [1.82, 2.24) is 9.47 Å². The van der Waals surface area contributed by atoms with Crippen LogP contribution in [0.15, 0.2) is 47.3 Å². The summed E-state index contributed by atoms with van der Waals surface area (Å²) in [5, 5.41) is 10.4. The number of piperidine rings is 1. The molecule has 1 saturated heterocycles. The summed E-state index contributed by atoms with van der Waals surface area (Å²) in [6.45, 7) is 5.55. The molecule has 1 aromatic heterocycles. The number of rotatable bonds is 5. The van der Waals surface area contributed by atoms with Gasteiger partial charge < -0.3 is 14.4 Å². The zero-order valence-electron chi connectivity index (χ0n) is 15.2. The van der Waals surface area contributed by atoms with Gasteiger partial charge in [0.25, 0.3) is 5.56 Å². The van der Waals surface area contributed by atoms with E-state index in [1.807, 2.05) is 41.8 Å². The molecule has 3 heterocycles. The highest BCUT2D eigenvalue weighted by Gasteiger charge is 2.34. The second kappa shape index (κ2) is 7.25. The van der Waals surface area contributed by atoms with Crippen molar-refractivity contribution in [2.45, 2.75) is 31.9 Å². The lowest BCUT2D eigenvalue weighted by Gasteiger charge is -2.43. The van der Waals surface area contributed by atoms with Crippen LogP contribution in [0.5, 0.6) is 5.75 Å². The van der Waals surface area contributed by atoms with Crippen molar-refractivity contribution in [3.8, 4) is 5.75 Å². The first-order valence-electron chi connectivity index (χ1n) is 9.38. The van der Waals surface area contributed by atoms with Crippen LogP contribution in [0.3, 0.4) is 0 Å². The summed E-state index contributed by atoms with van der Waals surface area (Å²) in [6.07, 6.45) is 0.615. The first-order valence-corrected chi connectivity index (χ1v) is 9.38. The van der Waals surface area contributed by atoms with E-state index in [0.29, 0.717) is 25.0 Å². The summed E-state index contributed by atoms with van der Waals surface area (Å²) < 4.78 is 7.65. The number of ether oxygens (including phenoxy) is 1. The van der Waals surface area contributed by atoms with Gasteiger partial charge in [0.15, 0.2) is 0 Å². The van der Waals surface area contributed by atoms with Crippen LogP contribution in [-0.2, 0) is 6.54 Å². The minimum absolute atomic E-state index is 0.109. The van der Waals surface area contributed by atoms with Crippen LogP contribution in [0.25, 0.3) is 0 Å². The SMILES string of the molecule is Cc1ccc(OC[C@@H](O)CN2C[C@H]3C[C@H](C2)c2cccc(=O)n2C3)cc1. The molecule has 2 aliphatic rings. The maximum atomic E-state index is 12.1. The maximum absolute atomic E-state index is 12.1. The van der Waals surface area contributed by atoms with Gasteiger partial charge in [-0.05, 0) is 37.5 Å². The Hall–Kier alpha value is -2.11. The van der Waals surface area contributed by atoms with Gasteiger partial charge in [0.05, 0.1) is 0 Å². The van der Waals surface area contributed by atoms with Gasteiger partial charge in [-0.2, -0.15) is 0 Å². The molecular formula is C21H26N2O3. The summed E-state index contributed by atoms with van der Waals surface area (Å²) in [4.78, 5) is 14.4. The summed E-state index contributed by atoms with van der Waals surface area (Å²) in [5.74, 6) is 1.65. The van der Waals surface area contributed by atoms with E-state index in [1.165, 1.54) is 5.56 Å². The van der Waals surface area contributed by atoms with E-state index in [-0.39, 0.29) is 5.56 Å². The normalized spacial score (nSPS) is 23.3. The molecule has 3 atom stereocenters. The number of likely N-dealkylation sites (tertiary alicyclic amines) is 1. The average molecular weight is 354 g/mol.